The summed E-state index contributed by atoms with van der Waals surface area (Å²) in [5.74, 6) is -3.27. The molecule has 0 saturated heterocycles. The summed E-state index contributed by atoms with van der Waals surface area (Å²) in [6.45, 7) is 1.61. The summed E-state index contributed by atoms with van der Waals surface area (Å²) < 4.78 is 26.7. The van der Waals surface area contributed by atoms with E-state index in [9.17, 15) is 18.4 Å². The van der Waals surface area contributed by atoms with Crippen LogP contribution in [0.3, 0.4) is 0 Å². The van der Waals surface area contributed by atoms with Gasteiger partial charge >= 0.3 is 5.97 Å². The number of carboxylic acids is 1. The number of carboxylic acid groups (broad SMARTS) is 1. The van der Waals surface area contributed by atoms with Gasteiger partial charge in [-0.25, -0.2) is 8.78 Å². The monoisotopic (exact) mass is 297 g/mol. The number of amides is 1. The van der Waals surface area contributed by atoms with Crippen molar-refractivity contribution >= 4 is 11.9 Å². The third-order valence-electron chi connectivity index (χ3n) is 3.55. The summed E-state index contributed by atoms with van der Waals surface area (Å²) in [5.41, 5.74) is -0.00590. The van der Waals surface area contributed by atoms with Crippen molar-refractivity contribution in [2.24, 2.45) is 5.92 Å². The number of carbonyl (C=O) groups is 2. The zero-order valence-corrected chi connectivity index (χ0v) is 11.7. The van der Waals surface area contributed by atoms with E-state index in [-0.39, 0.29) is 30.5 Å². The van der Waals surface area contributed by atoms with Gasteiger partial charge in [0.25, 0.3) is 0 Å². The Balaban J connectivity index is 2.08. The summed E-state index contributed by atoms with van der Waals surface area (Å²) in [6.07, 6.45) is 1.39. The van der Waals surface area contributed by atoms with Gasteiger partial charge in [-0.3, -0.25) is 9.59 Å². The molecule has 2 rings (SSSR count). The quantitative estimate of drug-likeness (QED) is 0.876. The van der Waals surface area contributed by atoms with Crippen molar-refractivity contribution < 1.29 is 23.5 Å². The molecule has 1 amide bonds. The standard InChI is InChI=1S/C15H17F2NO3/c1-9(15(20)21)8-18(12-3-4-12)14(19)7-10-6-11(16)2-5-13(10)17/h2,5-6,9,12H,3-4,7-8H2,1H3,(H,20,21)/t9-/m1/s1. The van der Waals surface area contributed by atoms with E-state index < -0.39 is 23.5 Å². The van der Waals surface area contributed by atoms with Crippen LogP contribution in [-0.2, 0) is 16.0 Å². The van der Waals surface area contributed by atoms with Crippen LogP contribution in [0.4, 0.5) is 8.78 Å². The van der Waals surface area contributed by atoms with Crippen LogP contribution in [0.25, 0.3) is 0 Å². The molecular formula is C15H17F2NO3. The Hall–Kier alpha value is -1.98. The molecule has 1 saturated carbocycles. The van der Waals surface area contributed by atoms with Crippen molar-refractivity contribution in [3.8, 4) is 0 Å². The van der Waals surface area contributed by atoms with Crippen molar-refractivity contribution in [2.45, 2.75) is 32.2 Å². The number of rotatable bonds is 6. The third-order valence-corrected chi connectivity index (χ3v) is 3.55. The maximum absolute atomic E-state index is 13.6. The van der Waals surface area contributed by atoms with Gasteiger partial charge in [0.1, 0.15) is 11.6 Å². The fourth-order valence-corrected chi connectivity index (χ4v) is 2.16. The second kappa shape index (κ2) is 6.20. The van der Waals surface area contributed by atoms with Gasteiger partial charge < -0.3 is 10.0 Å². The normalized spacial score (nSPS) is 15.6. The van der Waals surface area contributed by atoms with E-state index in [2.05, 4.69) is 0 Å². The van der Waals surface area contributed by atoms with E-state index in [1.54, 1.807) is 0 Å². The third kappa shape index (κ3) is 4.00. The molecule has 4 nitrogen and oxygen atoms in total. The number of hydrogen-bond donors (Lipinski definition) is 1. The molecule has 0 bridgehead atoms. The molecule has 1 aromatic carbocycles. The highest BCUT2D eigenvalue weighted by atomic mass is 19.1. The first-order valence-electron chi connectivity index (χ1n) is 6.84. The van der Waals surface area contributed by atoms with Crippen molar-refractivity contribution in [1.82, 2.24) is 4.90 Å². The second-order valence-corrected chi connectivity index (χ2v) is 5.43. The number of aliphatic carboxylic acids is 1. The Labute approximate surface area is 121 Å². The summed E-state index contributed by atoms with van der Waals surface area (Å²) >= 11 is 0. The molecule has 0 spiro atoms. The molecule has 21 heavy (non-hydrogen) atoms. The largest absolute Gasteiger partial charge is 0.481 e. The van der Waals surface area contributed by atoms with E-state index in [0.29, 0.717) is 0 Å². The number of nitrogens with zero attached hydrogens (tertiary/aromatic N) is 1. The lowest BCUT2D eigenvalue weighted by Crippen LogP contribution is -2.39. The van der Waals surface area contributed by atoms with E-state index in [4.69, 9.17) is 5.11 Å². The zero-order chi connectivity index (χ0) is 15.6. The minimum absolute atomic E-state index is 0.00590. The zero-order valence-electron chi connectivity index (χ0n) is 11.7. The Morgan fingerprint density at radius 1 is 1.38 bits per heavy atom. The molecule has 114 valence electrons. The smallest absolute Gasteiger partial charge is 0.308 e. The van der Waals surface area contributed by atoms with Crippen molar-refractivity contribution in [3.05, 3.63) is 35.4 Å². The van der Waals surface area contributed by atoms with Crippen LogP contribution in [0.5, 0.6) is 0 Å². The fraction of sp³-hybridized carbons (Fsp3) is 0.467. The average molecular weight is 297 g/mol. The maximum atomic E-state index is 13.6. The molecule has 6 heteroatoms. The molecule has 0 unspecified atom stereocenters. The van der Waals surface area contributed by atoms with E-state index in [1.807, 2.05) is 0 Å². The second-order valence-electron chi connectivity index (χ2n) is 5.43. The van der Waals surface area contributed by atoms with Gasteiger partial charge in [-0.15, -0.1) is 0 Å². The first-order chi connectivity index (χ1) is 9.88. The van der Waals surface area contributed by atoms with Crippen LogP contribution in [0.15, 0.2) is 18.2 Å². The van der Waals surface area contributed by atoms with Crippen molar-refractivity contribution in [3.63, 3.8) is 0 Å². The van der Waals surface area contributed by atoms with Crippen LogP contribution in [0.2, 0.25) is 0 Å². The van der Waals surface area contributed by atoms with Gasteiger partial charge in [-0.05, 0) is 31.0 Å². The molecule has 1 aliphatic carbocycles. The minimum Gasteiger partial charge on any atom is -0.481 e. The Bertz CT molecular complexity index is 558. The highest BCUT2D eigenvalue weighted by molar-refractivity contribution is 5.80. The SMILES string of the molecule is C[C@H](CN(C(=O)Cc1cc(F)ccc1F)C1CC1)C(=O)O. The molecule has 0 heterocycles. The molecule has 0 aliphatic heterocycles. The summed E-state index contributed by atoms with van der Waals surface area (Å²) in [5, 5.41) is 8.94. The van der Waals surface area contributed by atoms with Gasteiger partial charge in [-0.2, -0.15) is 0 Å². The Kier molecular flexibility index (Phi) is 4.55. The van der Waals surface area contributed by atoms with Crippen LogP contribution in [0, 0.1) is 17.6 Å². The molecular weight excluding hydrogens is 280 g/mol. The van der Waals surface area contributed by atoms with Crippen LogP contribution < -0.4 is 0 Å². The molecule has 0 radical (unpaired) electrons. The predicted octanol–water partition coefficient (Wildman–Crippen LogP) is 2.22. The lowest BCUT2D eigenvalue weighted by Gasteiger charge is -2.24. The molecule has 1 atom stereocenters. The molecule has 1 fully saturated rings. The Morgan fingerprint density at radius 2 is 2.05 bits per heavy atom. The lowest BCUT2D eigenvalue weighted by atomic mass is 10.1. The van der Waals surface area contributed by atoms with Gasteiger partial charge in [-0.1, -0.05) is 6.92 Å². The highest BCUT2D eigenvalue weighted by Gasteiger charge is 2.34. The van der Waals surface area contributed by atoms with Crippen molar-refractivity contribution in [2.75, 3.05) is 6.54 Å². The minimum atomic E-state index is -0.981. The summed E-state index contributed by atoms with van der Waals surface area (Å²) in [7, 11) is 0. The van der Waals surface area contributed by atoms with Crippen LogP contribution in [-0.4, -0.2) is 34.5 Å². The van der Waals surface area contributed by atoms with E-state index >= 15 is 0 Å². The van der Waals surface area contributed by atoms with Gasteiger partial charge in [0.2, 0.25) is 5.91 Å². The first kappa shape index (κ1) is 15.4. The molecule has 1 aromatic rings. The molecule has 1 aliphatic rings. The van der Waals surface area contributed by atoms with Gasteiger partial charge in [0.15, 0.2) is 0 Å². The number of carbonyl (C=O) groups excluding carboxylic acids is 1. The number of benzene rings is 1. The maximum Gasteiger partial charge on any atom is 0.308 e. The molecule has 0 aromatic heterocycles. The van der Waals surface area contributed by atoms with Gasteiger partial charge in [0.05, 0.1) is 12.3 Å². The lowest BCUT2D eigenvalue weighted by molar-refractivity contribution is -0.143. The Morgan fingerprint density at radius 3 is 2.62 bits per heavy atom. The number of halogens is 2. The summed E-state index contributed by atoms with van der Waals surface area (Å²) in [4.78, 5) is 24.6. The van der Waals surface area contributed by atoms with Gasteiger partial charge in [0, 0.05) is 18.2 Å². The summed E-state index contributed by atoms with van der Waals surface area (Å²) in [6, 6.07) is 3.00. The topological polar surface area (TPSA) is 57.6 Å². The van der Waals surface area contributed by atoms with E-state index in [1.165, 1.54) is 11.8 Å². The van der Waals surface area contributed by atoms with Crippen LogP contribution in [0.1, 0.15) is 25.3 Å². The van der Waals surface area contributed by atoms with Crippen LogP contribution >= 0.6 is 0 Å². The van der Waals surface area contributed by atoms with Crippen molar-refractivity contribution in [1.29, 1.82) is 0 Å². The molecule has 1 N–H and O–H groups in total. The highest BCUT2D eigenvalue weighted by Crippen LogP contribution is 2.28. The fourth-order valence-electron chi connectivity index (χ4n) is 2.16. The van der Waals surface area contributed by atoms with E-state index in [0.717, 1.165) is 31.0 Å². The number of hydrogen-bond acceptors (Lipinski definition) is 2. The first-order valence-corrected chi connectivity index (χ1v) is 6.84. The predicted molar refractivity (Wildman–Crippen MR) is 71.6 cm³/mol. The average Bonchev–Trinajstić information content (AvgIpc) is 3.24.